The summed E-state index contributed by atoms with van der Waals surface area (Å²) >= 11 is 2.84. The maximum Gasteiger partial charge on any atom is 0.338 e. The Labute approximate surface area is 169 Å². The molecule has 1 aromatic carbocycles. The molecule has 2 aromatic heterocycles. The van der Waals surface area contributed by atoms with Gasteiger partial charge in [-0.25, -0.2) is 9.79 Å². The molecule has 3 heterocycles. The monoisotopic (exact) mass is 410 g/mol. The van der Waals surface area contributed by atoms with Gasteiger partial charge in [0.15, 0.2) is 4.80 Å². The fourth-order valence-electron chi connectivity index (χ4n) is 3.21. The molecule has 4 rings (SSSR count). The fourth-order valence-corrected chi connectivity index (χ4v) is 5.08. The predicted molar refractivity (Wildman–Crippen MR) is 111 cm³/mol. The Morgan fingerprint density at radius 2 is 2.04 bits per heavy atom. The molecule has 7 heteroatoms. The van der Waals surface area contributed by atoms with Crippen LogP contribution < -0.4 is 14.9 Å². The molecule has 0 aliphatic carbocycles. The molecule has 28 heavy (non-hydrogen) atoms. The first-order chi connectivity index (χ1) is 13.6. The third-order valence-electron chi connectivity index (χ3n) is 4.43. The van der Waals surface area contributed by atoms with Crippen molar-refractivity contribution in [3.8, 4) is 0 Å². The Balaban J connectivity index is 1.95. The molecule has 1 aliphatic rings. The van der Waals surface area contributed by atoms with Gasteiger partial charge in [0.2, 0.25) is 0 Å². The van der Waals surface area contributed by atoms with E-state index in [0.29, 0.717) is 20.6 Å². The fraction of sp³-hybridized carbons (Fsp3) is 0.190. The van der Waals surface area contributed by atoms with E-state index in [-0.39, 0.29) is 12.2 Å². The van der Waals surface area contributed by atoms with Crippen LogP contribution in [0.25, 0.3) is 6.08 Å². The van der Waals surface area contributed by atoms with E-state index in [4.69, 9.17) is 4.74 Å². The number of fused-ring (bicyclic) bond motifs is 1. The minimum Gasteiger partial charge on any atom is -0.463 e. The van der Waals surface area contributed by atoms with Gasteiger partial charge >= 0.3 is 5.97 Å². The van der Waals surface area contributed by atoms with E-state index in [9.17, 15) is 9.59 Å². The van der Waals surface area contributed by atoms with Gasteiger partial charge in [0.25, 0.3) is 5.56 Å². The molecule has 0 amide bonds. The molecule has 142 valence electrons. The van der Waals surface area contributed by atoms with Crippen molar-refractivity contribution in [2.45, 2.75) is 19.9 Å². The summed E-state index contributed by atoms with van der Waals surface area (Å²) in [5.74, 6) is -0.431. The first kappa shape index (κ1) is 18.6. The van der Waals surface area contributed by atoms with Gasteiger partial charge in [0, 0.05) is 4.88 Å². The first-order valence-corrected chi connectivity index (χ1v) is 10.6. The van der Waals surface area contributed by atoms with E-state index in [1.54, 1.807) is 18.4 Å². The Morgan fingerprint density at radius 1 is 1.25 bits per heavy atom. The zero-order valence-electron chi connectivity index (χ0n) is 15.4. The third kappa shape index (κ3) is 3.27. The van der Waals surface area contributed by atoms with Crippen LogP contribution in [0.1, 0.15) is 30.3 Å². The second-order valence-electron chi connectivity index (χ2n) is 6.23. The van der Waals surface area contributed by atoms with E-state index in [0.717, 1.165) is 10.4 Å². The van der Waals surface area contributed by atoms with Crippen molar-refractivity contribution in [1.82, 2.24) is 4.57 Å². The van der Waals surface area contributed by atoms with E-state index in [1.807, 2.05) is 53.9 Å². The summed E-state index contributed by atoms with van der Waals surface area (Å²) in [6.07, 6.45) is 1.86. The summed E-state index contributed by atoms with van der Waals surface area (Å²) in [7, 11) is 0. The summed E-state index contributed by atoms with van der Waals surface area (Å²) in [6, 6.07) is 13.0. The number of hydrogen-bond acceptors (Lipinski definition) is 6. The SMILES string of the molecule is CCOC(=O)C1=C(C)N=c2s/c(=C\c3ccccc3)c(=O)n2[C@@H]1c1cccs1. The Hall–Kier alpha value is -2.77. The van der Waals surface area contributed by atoms with Gasteiger partial charge in [-0.3, -0.25) is 9.36 Å². The lowest BCUT2D eigenvalue weighted by Gasteiger charge is -2.23. The highest BCUT2D eigenvalue weighted by atomic mass is 32.1. The zero-order valence-corrected chi connectivity index (χ0v) is 17.0. The number of ether oxygens (including phenoxy) is 1. The standard InChI is InChI=1S/C21H18N2O3S2/c1-3-26-20(25)17-13(2)22-21-23(18(17)15-10-7-11-27-15)19(24)16(28-21)12-14-8-5-4-6-9-14/h4-12,18H,3H2,1-2H3/b16-12-/t18-/m1/s1. The first-order valence-electron chi connectivity index (χ1n) is 8.88. The number of allylic oxidation sites excluding steroid dienone is 1. The maximum absolute atomic E-state index is 13.3. The van der Waals surface area contributed by atoms with Crippen molar-refractivity contribution in [2.75, 3.05) is 6.61 Å². The predicted octanol–water partition coefficient (Wildman–Crippen LogP) is 2.86. The number of benzene rings is 1. The van der Waals surface area contributed by atoms with Gasteiger partial charge < -0.3 is 4.74 Å². The second-order valence-corrected chi connectivity index (χ2v) is 8.22. The number of thiazole rings is 1. The number of rotatable bonds is 4. The zero-order chi connectivity index (χ0) is 19.7. The summed E-state index contributed by atoms with van der Waals surface area (Å²) in [5, 5.41) is 1.94. The largest absolute Gasteiger partial charge is 0.463 e. The maximum atomic E-state index is 13.3. The van der Waals surface area contributed by atoms with Crippen LogP contribution in [0.3, 0.4) is 0 Å². The van der Waals surface area contributed by atoms with Gasteiger partial charge in [-0.15, -0.1) is 11.3 Å². The molecule has 0 saturated carbocycles. The molecule has 5 nitrogen and oxygen atoms in total. The van der Waals surface area contributed by atoms with Gasteiger partial charge in [-0.2, -0.15) is 0 Å². The molecule has 0 unspecified atom stereocenters. The minimum atomic E-state index is -0.520. The Bertz CT molecular complexity index is 1220. The van der Waals surface area contributed by atoms with Crippen LogP contribution in [0, 0.1) is 0 Å². The van der Waals surface area contributed by atoms with Crippen LogP contribution in [0.4, 0.5) is 0 Å². The summed E-state index contributed by atoms with van der Waals surface area (Å²) in [5.41, 5.74) is 1.80. The number of carbonyl (C=O) groups is 1. The van der Waals surface area contributed by atoms with Crippen molar-refractivity contribution in [2.24, 2.45) is 4.99 Å². The molecule has 0 bridgehead atoms. The molecular formula is C21H18N2O3S2. The smallest absolute Gasteiger partial charge is 0.338 e. The third-order valence-corrected chi connectivity index (χ3v) is 6.33. The van der Waals surface area contributed by atoms with Gasteiger partial charge in [0.05, 0.1) is 22.4 Å². The molecule has 0 N–H and O–H groups in total. The van der Waals surface area contributed by atoms with E-state index < -0.39 is 12.0 Å². The highest BCUT2D eigenvalue weighted by Gasteiger charge is 2.33. The summed E-state index contributed by atoms with van der Waals surface area (Å²) in [6.45, 7) is 3.83. The van der Waals surface area contributed by atoms with Gasteiger partial charge in [0.1, 0.15) is 6.04 Å². The van der Waals surface area contributed by atoms with Crippen molar-refractivity contribution in [1.29, 1.82) is 0 Å². The number of nitrogens with zero attached hydrogens (tertiary/aromatic N) is 2. The average molecular weight is 411 g/mol. The van der Waals surface area contributed by atoms with Crippen molar-refractivity contribution in [3.05, 3.63) is 89.2 Å². The van der Waals surface area contributed by atoms with E-state index in [2.05, 4.69) is 4.99 Å². The van der Waals surface area contributed by atoms with Crippen LogP contribution in [-0.4, -0.2) is 17.1 Å². The van der Waals surface area contributed by atoms with E-state index >= 15 is 0 Å². The Kier molecular flexibility index (Phi) is 5.11. The molecule has 3 aromatic rings. The highest BCUT2D eigenvalue weighted by molar-refractivity contribution is 7.10. The number of aromatic nitrogens is 1. The average Bonchev–Trinajstić information content (AvgIpc) is 3.31. The molecule has 0 spiro atoms. The van der Waals surface area contributed by atoms with Crippen molar-refractivity contribution in [3.63, 3.8) is 0 Å². The van der Waals surface area contributed by atoms with Crippen molar-refractivity contribution < 1.29 is 9.53 Å². The molecule has 1 aliphatic heterocycles. The number of hydrogen-bond donors (Lipinski definition) is 0. The molecule has 0 saturated heterocycles. The van der Waals surface area contributed by atoms with Crippen LogP contribution >= 0.6 is 22.7 Å². The molecule has 0 radical (unpaired) electrons. The highest BCUT2D eigenvalue weighted by Crippen LogP contribution is 2.33. The molecule has 0 fully saturated rings. The summed E-state index contributed by atoms with van der Waals surface area (Å²) in [4.78, 5) is 32.0. The lowest BCUT2D eigenvalue weighted by Crippen LogP contribution is -2.39. The lowest BCUT2D eigenvalue weighted by molar-refractivity contribution is -0.139. The van der Waals surface area contributed by atoms with Crippen molar-refractivity contribution >= 4 is 34.7 Å². The van der Waals surface area contributed by atoms with Crippen LogP contribution in [0.2, 0.25) is 0 Å². The molecular weight excluding hydrogens is 392 g/mol. The lowest BCUT2D eigenvalue weighted by atomic mass is 10.0. The van der Waals surface area contributed by atoms with Crippen LogP contribution in [0.5, 0.6) is 0 Å². The Morgan fingerprint density at radius 3 is 2.71 bits per heavy atom. The number of esters is 1. The number of thiophene rings is 1. The minimum absolute atomic E-state index is 0.152. The van der Waals surface area contributed by atoms with Crippen LogP contribution in [-0.2, 0) is 9.53 Å². The van der Waals surface area contributed by atoms with Gasteiger partial charge in [-0.1, -0.05) is 47.7 Å². The normalized spacial score (nSPS) is 16.6. The second kappa shape index (κ2) is 7.69. The van der Waals surface area contributed by atoms with Crippen LogP contribution in [0.15, 0.2) is 68.9 Å². The quantitative estimate of drug-likeness (QED) is 0.622. The molecule has 1 atom stereocenters. The van der Waals surface area contributed by atoms with E-state index in [1.165, 1.54) is 22.7 Å². The van der Waals surface area contributed by atoms with Gasteiger partial charge in [-0.05, 0) is 36.9 Å². The summed E-state index contributed by atoms with van der Waals surface area (Å²) < 4.78 is 7.47. The topological polar surface area (TPSA) is 60.7 Å². The number of carbonyl (C=O) groups excluding carboxylic acids is 1.